The predicted octanol–water partition coefficient (Wildman–Crippen LogP) is 3.85. The lowest BCUT2D eigenvalue weighted by molar-refractivity contribution is 0.0775. The summed E-state index contributed by atoms with van der Waals surface area (Å²) in [5.74, 6) is 0.0373. The van der Waals surface area contributed by atoms with Gasteiger partial charge in [-0.3, -0.25) is 4.79 Å². The van der Waals surface area contributed by atoms with Crippen LogP contribution in [0.2, 0.25) is 0 Å². The SMILES string of the molecule is CCN(CC)C(=O)c1c(N)sc(C)c1-c1cccs1. The first-order valence-electron chi connectivity index (χ1n) is 6.32. The van der Waals surface area contributed by atoms with E-state index in [-0.39, 0.29) is 5.91 Å². The first kappa shape index (κ1) is 14.1. The molecule has 0 atom stereocenters. The highest BCUT2D eigenvalue weighted by atomic mass is 32.1. The Bertz CT molecular complexity index is 569. The molecule has 0 saturated carbocycles. The summed E-state index contributed by atoms with van der Waals surface area (Å²) in [5.41, 5.74) is 7.76. The summed E-state index contributed by atoms with van der Waals surface area (Å²) in [4.78, 5) is 16.6. The van der Waals surface area contributed by atoms with Gasteiger partial charge in [-0.25, -0.2) is 0 Å². The molecule has 0 aliphatic carbocycles. The standard InChI is InChI=1S/C14H18N2OS2/c1-4-16(5-2)14(17)12-11(9(3)19-13(12)15)10-7-6-8-18-10/h6-8H,4-5,15H2,1-3H3. The molecule has 0 unspecified atom stereocenters. The minimum absolute atomic E-state index is 0.0373. The molecule has 0 fully saturated rings. The molecule has 0 aromatic carbocycles. The lowest BCUT2D eigenvalue weighted by atomic mass is 10.1. The Kier molecular flexibility index (Phi) is 4.27. The molecular weight excluding hydrogens is 276 g/mol. The number of hydrogen-bond acceptors (Lipinski definition) is 4. The summed E-state index contributed by atoms with van der Waals surface area (Å²) >= 11 is 3.14. The molecule has 0 bridgehead atoms. The molecule has 0 aliphatic rings. The second-order valence-corrected chi connectivity index (χ2v) is 6.43. The van der Waals surface area contributed by atoms with E-state index in [9.17, 15) is 4.79 Å². The number of nitrogens with two attached hydrogens (primary N) is 1. The summed E-state index contributed by atoms with van der Waals surface area (Å²) < 4.78 is 0. The number of aryl methyl sites for hydroxylation is 1. The number of rotatable bonds is 4. The second-order valence-electron chi connectivity index (χ2n) is 4.23. The average Bonchev–Trinajstić information content (AvgIpc) is 2.97. The highest BCUT2D eigenvalue weighted by Gasteiger charge is 2.24. The number of nitrogens with zero attached hydrogens (tertiary/aromatic N) is 1. The van der Waals surface area contributed by atoms with Crippen molar-refractivity contribution in [2.75, 3.05) is 18.8 Å². The summed E-state index contributed by atoms with van der Waals surface area (Å²) in [5, 5.41) is 2.65. The van der Waals surface area contributed by atoms with E-state index >= 15 is 0 Å². The third-order valence-corrected chi connectivity index (χ3v) is 4.97. The first-order valence-corrected chi connectivity index (χ1v) is 8.01. The van der Waals surface area contributed by atoms with Gasteiger partial charge in [0.1, 0.15) is 0 Å². The normalized spacial score (nSPS) is 10.7. The van der Waals surface area contributed by atoms with Gasteiger partial charge in [0.15, 0.2) is 0 Å². The van der Waals surface area contributed by atoms with Gasteiger partial charge in [-0.05, 0) is 32.2 Å². The number of amides is 1. The van der Waals surface area contributed by atoms with Crippen LogP contribution in [0.4, 0.5) is 5.00 Å². The molecule has 0 aliphatic heterocycles. The van der Waals surface area contributed by atoms with Crippen molar-refractivity contribution < 1.29 is 4.79 Å². The fraction of sp³-hybridized carbons (Fsp3) is 0.357. The summed E-state index contributed by atoms with van der Waals surface area (Å²) in [6.45, 7) is 7.40. The molecule has 2 heterocycles. The molecule has 2 rings (SSSR count). The molecule has 2 N–H and O–H groups in total. The topological polar surface area (TPSA) is 46.3 Å². The predicted molar refractivity (Wildman–Crippen MR) is 84.0 cm³/mol. The van der Waals surface area contributed by atoms with E-state index in [0.29, 0.717) is 23.7 Å². The van der Waals surface area contributed by atoms with E-state index < -0.39 is 0 Å². The first-order chi connectivity index (χ1) is 9.10. The lowest BCUT2D eigenvalue weighted by Gasteiger charge is -2.19. The van der Waals surface area contributed by atoms with E-state index in [4.69, 9.17) is 5.73 Å². The Morgan fingerprint density at radius 3 is 2.58 bits per heavy atom. The van der Waals surface area contributed by atoms with Crippen molar-refractivity contribution in [1.82, 2.24) is 4.90 Å². The van der Waals surface area contributed by atoms with E-state index in [0.717, 1.165) is 15.3 Å². The van der Waals surface area contributed by atoms with Crippen LogP contribution in [0, 0.1) is 6.92 Å². The number of hydrogen-bond donors (Lipinski definition) is 1. The number of carbonyl (C=O) groups is 1. The van der Waals surface area contributed by atoms with Gasteiger partial charge in [0.2, 0.25) is 0 Å². The van der Waals surface area contributed by atoms with Crippen molar-refractivity contribution >= 4 is 33.6 Å². The van der Waals surface area contributed by atoms with Crippen molar-refractivity contribution in [3.8, 4) is 10.4 Å². The Hall–Kier alpha value is -1.33. The third kappa shape index (κ3) is 2.53. The molecule has 19 heavy (non-hydrogen) atoms. The van der Waals surface area contributed by atoms with Gasteiger partial charge in [-0.2, -0.15) is 0 Å². The zero-order valence-corrected chi connectivity index (χ0v) is 13.0. The Morgan fingerprint density at radius 1 is 1.37 bits per heavy atom. The minimum atomic E-state index is 0.0373. The highest BCUT2D eigenvalue weighted by molar-refractivity contribution is 7.18. The number of carbonyl (C=O) groups excluding carboxylic acids is 1. The van der Waals surface area contributed by atoms with Crippen LogP contribution in [0.1, 0.15) is 29.1 Å². The maximum absolute atomic E-state index is 12.6. The smallest absolute Gasteiger partial charge is 0.257 e. The van der Waals surface area contributed by atoms with Gasteiger partial charge >= 0.3 is 0 Å². The van der Waals surface area contributed by atoms with Crippen LogP contribution in [-0.4, -0.2) is 23.9 Å². The quantitative estimate of drug-likeness (QED) is 0.931. The Morgan fingerprint density at radius 2 is 2.05 bits per heavy atom. The molecule has 3 nitrogen and oxygen atoms in total. The van der Waals surface area contributed by atoms with Gasteiger partial charge < -0.3 is 10.6 Å². The molecule has 0 saturated heterocycles. The summed E-state index contributed by atoms with van der Waals surface area (Å²) in [7, 11) is 0. The fourth-order valence-corrected chi connectivity index (χ4v) is 4.00. The van der Waals surface area contributed by atoms with Crippen LogP contribution < -0.4 is 5.73 Å². The lowest BCUT2D eigenvalue weighted by Crippen LogP contribution is -2.31. The summed E-state index contributed by atoms with van der Waals surface area (Å²) in [6.07, 6.45) is 0. The van der Waals surface area contributed by atoms with Gasteiger partial charge in [0, 0.05) is 28.4 Å². The Balaban J connectivity index is 2.54. The maximum Gasteiger partial charge on any atom is 0.257 e. The van der Waals surface area contributed by atoms with Crippen LogP contribution in [0.3, 0.4) is 0 Å². The van der Waals surface area contributed by atoms with Gasteiger partial charge in [-0.15, -0.1) is 22.7 Å². The van der Waals surface area contributed by atoms with Crippen LogP contribution in [0.15, 0.2) is 17.5 Å². The van der Waals surface area contributed by atoms with E-state index in [1.807, 2.05) is 43.2 Å². The molecule has 102 valence electrons. The van der Waals surface area contributed by atoms with Gasteiger partial charge in [0.05, 0.1) is 10.6 Å². The van der Waals surface area contributed by atoms with E-state index in [1.54, 1.807) is 11.3 Å². The van der Waals surface area contributed by atoms with Crippen molar-refractivity contribution in [3.63, 3.8) is 0 Å². The average molecular weight is 294 g/mol. The van der Waals surface area contributed by atoms with Crippen LogP contribution >= 0.6 is 22.7 Å². The monoisotopic (exact) mass is 294 g/mol. The van der Waals surface area contributed by atoms with Crippen LogP contribution in [0.5, 0.6) is 0 Å². The summed E-state index contributed by atoms with van der Waals surface area (Å²) in [6, 6.07) is 4.04. The number of nitrogen functional groups attached to an aromatic ring is 1. The number of anilines is 1. The van der Waals surface area contributed by atoms with Crippen molar-refractivity contribution in [1.29, 1.82) is 0 Å². The van der Waals surface area contributed by atoms with Crippen LogP contribution in [0.25, 0.3) is 10.4 Å². The van der Waals surface area contributed by atoms with Crippen molar-refractivity contribution in [2.45, 2.75) is 20.8 Å². The molecule has 0 spiro atoms. The minimum Gasteiger partial charge on any atom is -0.390 e. The number of thiophene rings is 2. The van der Waals surface area contributed by atoms with E-state index in [2.05, 4.69) is 0 Å². The molecular formula is C14H18N2OS2. The molecule has 2 aromatic heterocycles. The molecule has 0 radical (unpaired) electrons. The second kappa shape index (κ2) is 5.75. The van der Waals surface area contributed by atoms with Crippen molar-refractivity contribution in [2.24, 2.45) is 0 Å². The molecule has 5 heteroatoms. The van der Waals surface area contributed by atoms with E-state index in [1.165, 1.54) is 11.3 Å². The molecule has 1 amide bonds. The highest BCUT2D eigenvalue weighted by Crippen LogP contribution is 2.40. The van der Waals surface area contributed by atoms with Gasteiger partial charge in [-0.1, -0.05) is 6.07 Å². The maximum atomic E-state index is 12.6. The zero-order chi connectivity index (χ0) is 14.0. The van der Waals surface area contributed by atoms with Gasteiger partial charge in [0.25, 0.3) is 5.91 Å². The van der Waals surface area contributed by atoms with Crippen molar-refractivity contribution in [3.05, 3.63) is 28.0 Å². The third-order valence-electron chi connectivity index (χ3n) is 3.14. The zero-order valence-electron chi connectivity index (χ0n) is 11.4. The largest absolute Gasteiger partial charge is 0.390 e. The fourth-order valence-electron chi connectivity index (χ4n) is 2.16. The molecule has 2 aromatic rings. The van der Waals surface area contributed by atoms with Crippen LogP contribution in [-0.2, 0) is 0 Å². The Labute approximate surface area is 121 Å².